The van der Waals surface area contributed by atoms with Crippen LogP contribution in [-0.4, -0.2) is 45.5 Å². The molecular formula is C9H11ClN2O2S2. The van der Waals surface area contributed by atoms with Gasteiger partial charge in [-0.25, -0.2) is 4.98 Å². The van der Waals surface area contributed by atoms with E-state index in [1.54, 1.807) is 5.38 Å². The van der Waals surface area contributed by atoms with Crippen LogP contribution in [0.2, 0.25) is 0 Å². The molecule has 0 unspecified atom stereocenters. The van der Waals surface area contributed by atoms with Crippen LogP contribution in [0.4, 0.5) is 5.13 Å². The highest BCUT2D eigenvalue weighted by Crippen LogP contribution is 2.22. The summed E-state index contributed by atoms with van der Waals surface area (Å²) in [7, 11) is -0.691. The molecule has 2 heterocycles. The molecule has 0 atom stereocenters. The largest absolute Gasteiger partial charge is 0.346 e. The maximum atomic E-state index is 11.3. The molecule has 0 aromatic carbocycles. The predicted molar refractivity (Wildman–Crippen MR) is 67.3 cm³/mol. The molecule has 1 saturated heterocycles. The van der Waals surface area contributed by atoms with E-state index in [4.69, 9.17) is 11.6 Å². The zero-order valence-corrected chi connectivity index (χ0v) is 10.9. The van der Waals surface area contributed by atoms with E-state index in [9.17, 15) is 9.00 Å². The number of hydrogen-bond donors (Lipinski definition) is 0. The van der Waals surface area contributed by atoms with Gasteiger partial charge in [-0.05, 0) is 0 Å². The topological polar surface area (TPSA) is 50.3 Å². The van der Waals surface area contributed by atoms with Gasteiger partial charge >= 0.3 is 0 Å². The van der Waals surface area contributed by atoms with Crippen LogP contribution < -0.4 is 4.90 Å². The molecule has 2 rings (SSSR count). The molecule has 16 heavy (non-hydrogen) atoms. The first-order chi connectivity index (χ1) is 7.70. The smallest absolute Gasteiger partial charge is 0.196 e. The molecule has 1 aliphatic heterocycles. The van der Waals surface area contributed by atoms with Crippen LogP contribution in [0.25, 0.3) is 0 Å². The van der Waals surface area contributed by atoms with Crippen molar-refractivity contribution in [1.29, 1.82) is 0 Å². The molecule has 4 nitrogen and oxygen atoms in total. The molecule has 0 saturated carbocycles. The maximum Gasteiger partial charge on any atom is 0.196 e. The number of nitrogens with zero attached hydrogens (tertiary/aromatic N) is 2. The molecule has 0 bridgehead atoms. The number of hydrogen-bond acceptors (Lipinski definition) is 5. The number of ketones is 1. The van der Waals surface area contributed by atoms with Crippen molar-refractivity contribution < 1.29 is 9.00 Å². The van der Waals surface area contributed by atoms with Crippen molar-refractivity contribution in [3.8, 4) is 0 Å². The van der Waals surface area contributed by atoms with Gasteiger partial charge in [-0.15, -0.1) is 22.9 Å². The lowest BCUT2D eigenvalue weighted by Gasteiger charge is -2.25. The van der Waals surface area contributed by atoms with Gasteiger partial charge in [0.05, 0.1) is 5.88 Å². The van der Waals surface area contributed by atoms with E-state index < -0.39 is 10.8 Å². The molecular weight excluding hydrogens is 268 g/mol. The van der Waals surface area contributed by atoms with E-state index in [0.29, 0.717) is 17.2 Å². The minimum absolute atomic E-state index is 0.0345. The van der Waals surface area contributed by atoms with Gasteiger partial charge in [0.2, 0.25) is 0 Å². The fourth-order valence-corrected chi connectivity index (χ4v) is 3.51. The van der Waals surface area contributed by atoms with E-state index in [0.717, 1.165) is 18.2 Å². The standard InChI is InChI=1S/C9H11ClN2O2S2/c10-5-8(13)7-6-15-9(11-7)12-1-3-16(14)4-2-12/h6H,1-5H2. The molecule has 1 aromatic heterocycles. The summed E-state index contributed by atoms with van der Waals surface area (Å²) < 4.78 is 11.2. The van der Waals surface area contributed by atoms with Crippen molar-refractivity contribution in [2.75, 3.05) is 35.4 Å². The lowest BCUT2D eigenvalue weighted by Crippen LogP contribution is -2.37. The summed E-state index contributed by atoms with van der Waals surface area (Å²) in [5.74, 6) is 1.17. The summed E-state index contributed by atoms with van der Waals surface area (Å²) in [6.45, 7) is 1.49. The average molecular weight is 279 g/mol. The summed E-state index contributed by atoms with van der Waals surface area (Å²) >= 11 is 6.90. The second-order valence-electron chi connectivity index (χ2n) is 3.41. The van der Waals surface area contributed by atoms with E-state index in [2.05, 4.69) is 9.88 Å². The summed E-state index contributed by atoms with van der Waals surface area (Å²) in [6.07, 6.45) is 0. The Morgan fingerprint density at radius 2 is 2.25 bits per heavy atom. The molecule has 1 fully saturated rings. The molecule has 0 N–H and O–H groups in total. The molecule has 0 amide bonds. The Hall–Kier alpha value is -0.460. The Morgan fingerprint density at radius 3 is 2.88 bits per heavy atom. The predicted octanol–water partition coefficient (Wildman–Crippen LogP) is 1.13. The molecule has 1 aliphatic rings. The molecule has 7 heteroatoms. The number of carbonyl (C=O) groups excluding carboxylic acids is 1. The van der Waals surface area contributed by atoms with Crippen LogP contribution >= 0.6 is 22.9 Å². The second kappa shape index (κ2) is 5.25. The van der Waals surface area contributed by atoms with Crippen LogP contribution in [0.15, 0.2) is 5.38 Å². The van der Waals surface area contributed by atoms with E-state index in [-0.39, 0.29) is 11.7 Å². The van der Waals surface area contributed by atoms with Crippen molar-refractivity contribution in [2.45, 2.75) is 0 Å². The number of alkyl halides is 1. The minimum Gasteiger partial charge on any atom is -0.346 e. The lowest BCUT2D eigenvalue weighted by molar-refractivity contribution is 0.101. The highest BCUT2D eigenvalue weighted by Gasteiger charge is 2.19. The number of halogens is 1. The van der Waals surface area contributed by atoms with Gasteiger partial charge in [0.25, 0.3) is 0 Å². The summed E-state index contributed by atoms with van der Waals surface area (Å²) in [6, 6.07) is 0. The van der Waals surface area contributed by atoms with Crippen LogP contribution in [0.1, 0.15) is 10.5 Å². The monoisotopic (exact) mass is 278 g/mol. The Morgan fingerprint density at radius 1 is 1.56 bits per heavy atom. The maximum absolute atomic E-state index is 11.3. The molecule has 0 spiro atoms. The van der Waals surface area contributed by atoms with Crippen molar-refractivity contribution in [3.05, 3.63) is 11.1 Å². The van der Waals surface area contributed by atoms with Crippen molar-refractivity contribution in [3.63, 3.8) is 0 Å². The third kappa shape index (κ3) is 2.61. The highest BCUT2D eigenvalue weighted by molar-refractivity contribution is 7.85. The Labute approximate surface area is 105 Å². The van der Waals surface area contributed by atoms with Crippen molar-refractivity contribution in [2.24, 2.45) is 0 Å². The number of carbonyl (C=O) groups is 1. The van der Waals surface area contributed by atoms with Gasteiger partial charge in [-0.1, -0.05) is 0 Å². The number of thiazole rings is 1. The normalized spacial score (nSPS) is 17.7. The molecule has 88 valence electrons. The zero-order valence-electron chi connectivity index (χ0n) is 8.52. The Bertz CT molecular complexity index is 411. The fourth-order valence-electron chi connectivity index (χ4n) is 1.44. The summed E-state index contributed by atoms with van der Waals surface area (Å²) in [5, 5.41) is 2.55. The third-order valence-corrected chi connectivity index (χ3v) is 4.77. The van der Waals surface area contributed by atoms with Crippen LogP contribution in [-0.2, 0) is 10.8 Å². The summed E-state index contributed by atoms with van der Waals surface area (Å²) in [4.78, 5) is 17.6. The van der Waals surface area contributed by atoms with Crippen LogP contribution in [0.5, 0.6) is 0 Å². The van der Waals surface area contributed by atoms with Gasteiger partial charge in [0.1, 0.15) is 5.69 Å². The highest BCUT2D eigenvalue weighted by atomic mass is 35.5. The zero-order chi connectivity index (χ0) is 11.5. The number of Topliss-reactive ketones (excluding diaryl/α,β-unsaturated/α-hetero) is 1. The van der Waals surface area contributed by atoms with E-state index in [1.165, 1.54) is 11.3 Å². The number of rotatable bonds is 3. The van der Waals surface area contributed by atoms with Crippen molar-refractivity contribution >= 4 is 44.7 Å². The van der Waals surface area contributed by atoms with Gasteiger partial charge in [0, 0.05) is 40.8 Å². The average Bonchev–Trinajstić information content (AvgIpc) is 2.78. The van der Waals surface area contributed by atoms with Gasteiger partial charge in [0.15, 0.2) is 10.9 Å². The minimum atomic E-state index is -0.691. The second-order valence-corrected chi connectivity index (χ2v) is 6.21. The lowest BCUT2D eigenvalue weighted by atomic mass is 10.3. The first-order valence-electron chi connectivity index (χ1n) is 4.85. The molecule has 0 radical (unpaired) electrons. The molecule has 0 aliphatic carbocycles. The van der Waals surface area contributed by atoms with E-state index in [1.807, 2.05) is 0 Å². The van der Waals surface area contributed by atoms with Gasteiger partial charge in [-0.3, -0.25) is 9.00 Å². The first kappa shape index (κ1) is 12.0. The quantitative estimate of drug-likeness (QED) is 0.614. The Balaban J connectivity index is 2.07. The summed E-state index contributed by atoms with van der Waals surface area (Å²) in [5.41, 5.74) is 0.432. The van der Waals surface area contributed by atoms with Gasteiger partial charge < -0.3 is 4.90 Å². The van der Waals surface area contributed by atoms with E-state index >= 15 is 0 Å². The van der Waals surface area contributed by atoms with Crippen LogP contribution in [0.3, 0.4) is 0 Å². The Kier molecular flexibility index (Phi) is 3.94. The van der Waals surface area contributed by atoms with Gasteiger partial charge in [-0.2, -0.15) is 0 Å². The molecule has 1 aromatic rings. The number of aromatic nitrogens is 1. The first-order valence-corrected chi connectivity index (χ1v) is 7.75. The number of anilines is 1. The SMILES string of the molecule is O=C(CCl)c1csc(N2CCS(=O)CC2)n1. The van der Waals surface area contributed by atoms with Crippen molar-refractivity contribution in [1.82, 2.24) is 4.98 Å². The van der Waals surface area contributed by atoms with Crippen LogP contribution in [0, 0.1) is 0 Å². The third-order valence-electron chi connectivity index (χ3n) is 2.35. The fraction of sp³-hybridized carbons (Fsp3) is 0.556.